The normalized spacial score (nSPS) is 19.1. The lowest BCUT2D eigenvalue weighted by Gasteiger charge is -2.34. The molecule has 1 aliphatic rings. The maximum absolute atomic E-state index is 12.6. The van der Waals surface area contributed by atoms with Crippen molar-refractivity contribution in [3.63, 3.8) is 0 Å². The van der Waals surface area contributed by atoms with E-state index in [-0.39, 0.29) is 11.9 Å². The molecule has 0 spiro atoms. The fourth-order valence-electron chi connectivity index (χ4n) is 2.51. The van der Waals surface area contributed by atoms with Gasteiger partial charge in [0.25, 0.3) is 5.91 Å². The molecule has 2 aromatic heterocycles. The monoisotopic (exact) mass is 288 g/mol. The summed E-state index contributed by atoms with van der Waals surface area (Å²) in [6.07, 6.45) is 7.80. The highest BCUT2D eigenvalue weighted by Crippen LogP contribution is 2.33. The summed E-state index contributed by atoms with van der Waals surface area (Å²) in [5, 5.41) is 3.06. The maximum Gasteiger partial charge on any atom is 0.274 e. The minimum absolute atomic E-state index is 0.0457. The molecular formula is C14H16N4OS. The van der Waals surface area contributed by atoms with Crippen LogP contribution in [0.4, 0.5) is 0 Å². The molecule has 3 heterocycles. The van der Waals surface area contributed by atoms with Crippen molar-refractivity contribution in [3.8, 4) is 0 Å². The second-order valence-corrected chi connectivity index (χ2v) is 5.82. The zero-order valence-corrected chi connectivity index (χ0v) is 12.1. The molecule has 0 aliphatic carbocycles. The van der Waals surface area contributed by atoms with Gasteiger partial charge in [0, 0.05) is 30.0 Å². The summed E-state index contributed by atoms with van der Waals surface area (Å²) >= 11 is 1.63. The zero-order chi connectivity index (χ0) is 13.9. The number of carbonyl (C=O) groups excluding carboxylic acids is 1. The van der Waals surface area contributed by atoms with Crippen LogP contribution in [0.3, 0.4) is 0 Å². The van der Waals surface area contributed by atoms with Crippen molar-refractivity contribution in [3.05, 3.63) is 40.4 Å². The van der Waals surface area contributed by atoms with Crippen molar-refractivity contribution < 1.29 is 4.79 Å². The number of aryl methyl sites for hydroxylation is 1. The van der Waals surface area contributed by atoms with Gasteiger partial charge in [0.2, 0.25) is 0 Å². The molecule has 0 unspecified atom stereocenters. The summed E-state index contributed by atoms with van der Waals surface area (Å²) < 4.78 is 0. The van der Waals surface area contributed by atoms with Gasteiger partial charge in [0.1, 0.15) is 10.7 Å². The Morgan fingerprint density at radius 2 is 2.30 bits per heavy atom. The smallest absolute Gasteiger partial charge is 0.274 e. The van der Waals surface area contributed by atoms with Crippen LogP contribution in [0.15, 0.2) is 24.0 Å². The van der Waals surface area contributed by atoms with Crippen LogP contribution in [0, 0.1) is 6.92 Å². The summed E-state index contributed by atoms with van der Waals surface area (Å²) in [6.45, 7) is 2.75. The number of hydrogen-bond donors (Lipinski definition) is 0. The van der Waals surface area contributed by atoms with Gasteiger partial charge in [-0.05, 0) is 26.2 Å². The molecule has 2 aromatic rings. The Morgan fingerprint density at radius 3 is 3.00 bits per heavy atom. The molecule has 3 rings (SSSR count). The molecule has 0 aromatic carbocycles. The topological polar surface area (TPSA) is 59.0 Å². The predicted octanol–water partition coefficient (Wildman–Crippen LogP) is 2.61. The van der Waals surface area contributed by atoms with E-state index in [1.54, 1.807) is 23.7 Å². The highest BCUT2D eigenvalue weighted by molar-refractivity contribution is 7.09. The number of carbonyl (C=O) groups is 1. The summed E-state index contributed by atoms with van der Waals surface area (Å²) in [5.41, 5.74) is 1.43. The van der Waals surface area contributed by atoms with Crippen LogP contribution in [0.1, 0.15) is 46.5 Å². The molecule has 6 heteroatoms. The van der Waals surface area contributed by atoms with Gasteiger partial charge < -0.3 is 4.90 Å². The minimum Gasteiger partial charge on any atom is -0.328 e. The number of amides is 1. The molecule has 1 aliphatic heterocycles. The molecule has 0 N–H and O–H groups in total. The van der Waals surface area contributed by atoms with E-state index in [1.165, 1.54) is 6.20 Å². The molecule has 20 heavy (non-hydrogen) atoms. The molecule has 0 radical (unpaired) electrons. The molecule has 1 saturated heterocycles. The first kappa shape index (κ1) is 13.2. The fraction of sp³-hybridized carbons (Fsp3) is 0.429. The highest BCUT2D eigenvalue weighted by Gasteiger charge is 2.31. The standard InChI is InChI=1S/C14H16N4OS/c1-10-9-20-13(17-10)12-4-2-3-7-18(12)14(19)11-8-15-5-6-16-11/h5-6,8-9,12H,2-4,7H2,1H3/t12-/m0/s1. The van der Waals surface area contributed by atoms with E-state index in [1.807, 2.05) is 17.2 Å². The Labute approximate surface area is 121 Å². The second kappa shape index (κ2) is 5.66. The lowest BCUT2D eigenvalue weighted by atomic mass is 10.0. The molecule has 1 amide bonds. The molecular weight excluding hydrogens is 272 g/mol. The summed E-state index contributed by atoms with van der Waals surface area (Å²) in [6, 6.07) is 0.0805. The molecule has 0 bridgehead atoms. The number of likely N-dealkylation sites (tertiary alicyclic amines) is 1. The summed E-state index contributed by atoms with van der Waals surface area (Å²) in [4.78, 5) is 27.1. The Hall–Kier alpha value is -1.82. The third kappa shape index (κ3) is 2.56. The van der Waals surface area contributed by atoms with Gasteiger partial charge in [-0.25, -0.2) is 9.97 Å². The van der Waals surface area contributed by atoms with Crippen LogP contribution < -0.4 is 0 Å². The molecule has 0 saturated carbocycles. The number of thiazole rings is 1. The Balaban J connectivity index is 1.87. The lowest BCUT2D eigenvalue weighted by Crippen LogP contribution is -2.38. The summed E-state index contributed by atoms with van der Waals surface area (Å²) in [7, 11) is 0. The van der Waals surface area contributed by atoms with Crippen LogP contribution in [0.5, 0.6) is 0 Å². The number of nitrogens with zero attached hydrogens (tertiary/aromatic N) is 4. The molecule has 1 fully saturated rings. The van der Waals surface area contributed by atoms with Crippen molar-refractivity contribution in [2.45, 2.75) is 32.2 Å². The Bertz CT molecular complexity index is 598. The van der Waals surface area contributed by atoms with E-state index < -0.39 is 0 Å². The first-order valence-electron chi connectivity index (χ1n) is 6.75. The SMILES string of the molecule is Cc1csc([C@@H]2CCCCN2C(=O)c2cnccn2)n1. The molecule has 104 valence electrons. The van der Waals surface area contributed by atoms with E-state index in [2.05, 4.69) is 15.0 Å². The van der Waals surface area contributed by atoms with Crippen molar-refractivity contribution in [1.82, 2.24) is 19.9 Å². The maximum atomic E-state index is 12.6. The average Bonchev–Trinajstić information content (AvgIpc) is 2.94. The van der Waals surface area contributed by atoms with Gasteiger partial charge in [-0.2, -0.15) is 0 Å². The van der Waals surface area contributed by atoms with E-state index in [0.717, 1.165) is 36.5 Å². The highest BCUT2D eigenvalue weighted by atomic mass is 32.1. The molecule has 5 nitrogen and oxygen atoms in total. The fourth-order valence-corrected chi connectivity index (χ4v) is 3.46. The van der Waals surface area contributed by atoms with E-state index in [4.69, 9.17) is 0 Å². The lowest BCUT2D eigenvalue weighted by molar-refractivity contribution is 0.0604. The van der Waals surface area contributed by atoms with Crippen LogP contribution in [0.25, 0.3) is 0 Å². The first-order valence-corrected chi connectivity index (χ1v) is 7.62. The van der Waals surface area contributed by atoms with Gasteiger partial charge in [-0.1, -0.05) is 0 Å². The third-order valence-electron chi connectivity index (χ3n) is 3.47. The van der Waals surface area contributed by atoms with Crippen LogP contribution in [-0.4, -0.2) is 32.3 Å². The minimum atomic E-state index is -0.0457. The van der Waals surface area contributed by atoms with E-state index in [9.17, 15) is 4.79 Å². The van der Waals surface area contributed by atoms with Crippen LogP contribution in [-0.2, 0) is 0 Å². The van der Waals surface area contributed by atoms with Gasteiger partial charge >= 0.3 is 0 Å². The number of rotatable bonds is 2. The van der Waals surface area contributed by atoms with Crippen molar-refractivity contribution in [1.29, 1.82) is 0 Å². The predicted molar refractivity (Wildman–Crippen MR) is 76.5 cm³/mol. The number of piperidine rings is 1. The van der Waals surface area contributed by atoms with Gasteiger partial charge in [-0.3, -0.25) is 9.78 Å². The third-order valence-corrected chi connectivity index (χ3v) is 4.53. The number of hydrogen-bond acceptors (Lipinski definition) is 5. The van der Waals surface area contributed by atoms with E-state index in [0.29, 0.717) is 5.69 Å². The van der Waals surface area contributed by atoms with Crippen LogP contribution >= 0.6 is 11.3 Å². The van der Waals surface area contributed by atoms with Gasteiger partial charge in [-0.15, -0.1) is 11.3 Å². The number of aromatic nitrogens is 3. The largest absolute Gasteiger partial charge is 0.328 e. The van der Waals surface area contributed by atoms with Gasteiger partial charge in [0.15, 0.2) is 0 Å². The quantitative estimate of drug-likeness (QED) is 0.852. The zero-order valence-electron chi connectivity index (χ0n) is 11.3. The van der Waals surface area contributed by atoms with Crippen molar-refractivity contribution >= 4 is 17.2 Å². The van der Waals surface area contributed by atoms with Gasteiger partial charge in [0.05, 0.1) is 12.2 Å². The van der Waals surface area contributed by atoms with Crippen molar-refractivity contribution in [2.75, 3.05) is 6.54 Å². The van der Waals surface area contributed by atoms with E-state index >= 15 is 0 Å². The average molecular weight is 288 g/mol. The second-order valence-electron chi connectivity index (χ2n) is 4.93. The summed E-state index contributed by atoms with van der Waals surface area (Å²) in [5.74, 6) is -0.0457. The van der Waals surface area contributed by atoms with Crippen LogP contribution in [0.2, 0.25) is 0 Å². The first-order chi connectivity index (χ1) is 9.75. The van der Waals surface area contributed by atoms with Crippen molar-refractivity contribution in [2.24, 2.45) is 0 Å². The molecule has 1 atom stereocenters. The Kier molecular flexibility index (Phi) is 3.73. The Morgan fingerprint density at radius 1 is 1.40 bits per heavy atom.